The van der Waals surface area contributed by atoms with Crippen LogP contribution in [0.4, 0.5) is 8.78 Å². The highest BCUT2D eigenvalue weighted by atomic mass is 32.2. The van der Waals surface area contributed by atoms with E-state index in [1.54, 1.807) is 19.1 Å². The predicted octanol–water partition coefficient (Wildman–Crippen LogP) is 2.87. The average molecular weight is 220 g/mol. The van der Waals surface area contributed by atoms with Crippen LogP contribution in [-0.4, -0.2) is 9.96 Å². The van der Waals surface area contributed by atoms with E-state index >= 15 is 0 Å². The summed E-state index contributed by atoms with van der Waals surface area (Å²) in [4.78, 5) is 0. The Bertz CT molecular complexity index is 353. The summed E-state index contributed by atoms with van der Waals surface area (Å²) < 4.78 is 39.7. The minimum absolute atomic E-state index is 0.0920. The van der Waals surface area contributed by atoms with Crippen molar-refractivity contribution in [1.29, 1.82) is 0 Å². The van der Waals surface area contributed by atoms with Gasteiger partial charge >= 0.3 is 0 Å². The predicted molar refractivity (Wildman–Crippen MR) is 49.6 cm³/mol. The summed E-state index contributed by atoms with van der Waals surface area (Å²) in [6.45, 7) is 1.74. The van der Waals surface area contributed by atoms with Crippen molar-refractivity contribution >= 4 is 10.8 Å². The molecule has 1 aromatic heterocycles. The van der Waals surface area contributed by atoms with Gasteiger partial charge in [0.1, 0.15) is 5.76 Å². The Kier molecular flexibility index (Phi) is 4.00. The summed E-state index contributed by atoms with van der Waals surface area (Å²) >= 11 is 0. The third-order valence-corrected chi connectivity index (χ3v) is 2.82. The van der Waals surface area contributed by atoms with Crippen LogP contribution in [0.15, 0.2) is 33.8 Å². The molecule has 0 saturated heterocycles. The number of allylic oxidation sites excluding steroid dienone is 1. The van der Waals surface area contributed by atoms with Crippen LogP contribution >= 0.6 is 0 Å². The van der Waals surface area contributed by atoms with Crippen molar-refractivity contribution in [1.82, 2.24) is 0 Å². The first-order chi connectivity index (χ1) is 6.59. The molecule has 2 nitrogen and oxygen atoms in total. The maximum atomic E-state index is 11.6. The van der Waals surface area contributed by atoms with Crippen LogP contribution in [0.3, 0.4) is 0 Å². The molecule has 78 valence electrons. The van der Waals surface area contributed by atoms with Gasteiger partial charge in [0.25, 0.3) is 6.08 Å². The molecule has 0 aliphatic carbocycles. The lowest BCUT2D eigenvalue weighted by molar-refractivity contribution is 0.418. The summed E-state index contributed by atoms with van der Waals surface area (Å²) in [6, 6.07) is 3.29. The highest BCUT2D eigenvalue weighted by Gasteiger charge is 2.06. The van der Waals surface area contributed by atoms with Gasteiger partial charge in [-0.25, -0.2) is 0 Å². The van der Waals surface area contributed by atoms with E-state index in [0.29, 0.717) is 10.9 Å². The fraction of sp³-hybridized carbons (Fsp3) is 0.333. The second-order valence-corrected chi connectivity index (χ2v) is 4.20. The standard InChI is InChI=1S/C9H10F2O2S/c1-7-4-5-9(13-7)14(12)6-2-3-8(10)11/h3-5H,2,6H2,1H3. The topological polar surface area (TPSA) is 30.2 Å². The van der Waals surface area contributed by atoms with Gasteiger partial charge < -0.3 is 4.42 Å². The van der Waals surface area contributed by atoms with Crippen LogP contribution in [0.5, 0.6) is 0 Å². The van der Waals surface area contributed by atoms with E-state index in [9.17, 15) is 13.0 Å². The van der Waals surface area contributed by atoms with Crippen molar-refractivity contribution in [3.63, 3.8) is 0 Å². The normalized spacial score (nSPS) is 12.5. The van der Waals surface area contributed by atoms with Gasteiger partial charge in [0.15, 0.2) is 5.09 Å². The second kappa shape index (κ2) is 5.05. The molecule has 1 atom stereocenters. The lowest BCUT2D eigenvalue weighted by Crippen LogP contribution is -1.95. The zero-order valence-corrected chi connectivity index (χ0v) is 8.44. The van der Waals surface area contributed by atoms with Gasteiger partial charge in [-0.3, -0.25) is 4.21 Å². The molecule has 5 heteroatoms. The van der Waals surface area contributed by atoms with Crippen LogP contribution in [-0.2, 0) is 10.8 Å². The summed E-state index contributed by atoms with van der Waals surface area (Å²) in [6.07, 6.45) is -0.889. The Morgan fingerprint density at radius 2 is 2.29 bits per heavy atom. The van der Waals surface area contributed by atoms with E-state index in [2.05, 4.69) is 0 Å². The van der Waals surface area contributed by atoms with Crippen LogP contribution in [0.1, 0.15) is 12.2 Å². The monoisotopic (exact) mass is 220 g/mol. The number of furan rings is 1. The van der Waals surface area contributed by atoms with Crippen molar-refractivity contribution in [2.24, 2.45) is 0 Å². The highest BCUT2D eigenvalue weighted by Crippen LogP contribution is 2.12. The Hall–Kier alpha value is -0.970. The van der Waals surface area contributed by atoms with Gasteiger partial charge in [-0.05, 0) is 31.6 Å². The van der Waals surface area contributed by atoms with Gasteiger partial charge in [0, 0.05) is 5.75 Å². The van der Waals surface area contributed by atoms with Gasteiger partial charge in [-0.2, -0.15) is 8.78 Å². The van der Waals surface area contributed by atoms with Crippen molar-refractivity contribution in [2.45, 2.75) is 18.4 Å². The Balaban J connectivity index is 2.47. The fourth-order valence-corrected chi connectivity index (χ4v) is 1.89. The second-order valence-electron chi connectivity index (χ2n) is 2.70. The first-order valence-corrected chi connectivity index (χ1v) is 5.37. The van der Waals surface area contributed by atoms with E-state index < -0.39 is 16.9 Å². The van der Waals surface area contributed by atoms with Crippen LogP contribution in [0, 0.1) is 6.92 Å². The van der Waals surface area contributed by atoms with E-state index in [-0.39, 0.29) is 12.2 Å². The molecule has 14 heavy (non-hydrogen) atoms. The molecule has 0 N–H and O–H groups in total. The number of hydrogen-bond donors (Lipinski definition) is 0. The molecule has 1 rings (SSSR count). The molecule has 1 unspecified atom stereocenters. The van der Waals surface area contributed by atoms with Crippen LogP contribution in [0.25, 0.3) is 0 Å². The zero-order chi connectivity index (χ0) is 10.6. The van der Waals surface area contributed by atoms with Crippen LogP contribution < -0.4 is 0 Å². The smallest absolute Gasteiger partial charge is 0.266 e. The van der Waals surface area contributed by atoms with Crippen molar-refractivity contribution < 1.29 is 17.4 Å². The molecule has 0 aromatic carbocycles. The lowest BCUT2D eigenvalue weighted by atomic mass is 10.5. The Labute approximate surface area is 83.1 Å². The number of hydrogen-bond acceptors (Lipinski definition) is 2. The first kappa shape index (κ1) is 11.1. The molecular formula is C9H10F2O2S. The van der Waals surface area contributed by atoms with E-state index in [1.807, 2.05) is 0 Å². The molecule has 0 saturated carbocycles. The quantitative estimate of drug-likeness (QED) is 0.781. The van der Waals surface area contributed by atoms with E-state index in [4.69, 9.17) is 4.42 Å². The zero-order valence-electron chi connectivity index (χ0n) is 7.63. The van der Waals surface area contributed by atoms with Gasteiger partial charge in [-0.1, -0.05) is 0 Å². The molecule has 0 radical (unpaired) electrons. The summed E-state index contributed by atoms with van der Waals surface area (Å²) in [7, 11) is -1.32. The maximum absolute atomic E-state index is 11.6. The van der Waals surface area contributed by atoms with E-state index in [1.165, 1.54) is 0 Å². The van der Waals surface area contributed by atoms with Gasteiger partial charge in [0.2, 0.25) is 0 Å². The summed E-state index contributed by atoms with van der Waals surface area (Å²) in [5, 5.41) is 0.343. The van der Waals surface area contributed by atoms with Crippen molar-refractivity contribution in [3.8, 4) is 0 Å². The molecule has 0 aliphatic rings. The molecule has 0 amide bonds. The van der Waals surface area contributed by atoms with Gasteiger partial charge in [-0.15, -0.1) is 0 Å². The highest BCUT2D eigenvalue weighted by molar-refractivity contribution is 7.84. The number of rotatable bonds is 4. The maximum Gasteiger partial charge on any atom is 0.266 e. The third-order valence-electron chi connectivity index (χ3n) is 1.54. The van der Waals surface area contributed by atoms with Crippen molar-refractivity contribution in [3.05, 3.63) is 30.0 Å². The molecule has 0 aliphatic heterocycles. The fourth-order valence-electron chi connectivity index (χ4n) is 0.910. The molecule has 1 heterocycles. The van der Waals surface area contributed by atoms with E-state index in [0.717, 1.165) is 6.08 Å². The first-order valence-electron chi connectivity index (χ1n) is 4.05. The molecular weight excluding hydrogens is 210 g/mol. The minimum Gasteiger partial charge on any atom is -0.453 e. The average Bonchev–Trinajstić information content (AvgIpc) is 2.51. The summed E-state index contributed by atoms with van der Waals surface area (Å²) in [5.74, 6) is 0.824. The Morgan fingerprint density at radius 1 is 1.57 bits per heavy atom. The third kappa shape index (κ3) is 3.41. The molecule has 0 bridgehead atoms. The van der Waals surface area contributed by atoms with Crippen LogP contribution in [0.2, 0.25) is 0 Å². The number of aryl methyl sites for hydroxylation is 1. The minimum atomic E-state index is -1.74. The SMILES string of the molecule is Cc1ccc(S(=O)CCC=C(F)F)o1. The summed E-state index contributed by atoms with van der Waals surface area (Å²) in [5.41, 5.74) is 0. The Morgan fingerprint density at radius 3 is 2.79 bits per heavy atom. The number of halogens is 2. The van der Waals surface area contributed by atoms with Crippen molar-refractivity contribution in [2.75, 3.05) is 5.75 Å². The van der Waals surface area contributed by atoms with Gasteiger partial charge in [0.05, 0.1) is 10.8 Å². The molecule has 0 spiro atoms. The molecule has 0 fully saturated rings. The molecule has 1 aromatic rings. The lowest BCUT2D eigenvalue weighted by Gasteiger charge is -1.94. The largest absolute Gasteiger partial charge is 0.453 e.